The molecule has 0 saturated carbocycles. The molecule has 0 aromatic heterocycles. The molecule has 6 heteroatoms. The van der Waals surface area contributed by atoms with Gasteiger partial charge in [-0.2, -0.15) is 0 Å². The fourth-order valence-electron chi connectivity index (χ4n) is 4.66. The van der Waals surface area contributed by atoms with Gasteiger partial charge in [-0.05, 0) is 105 Å². The van der Waals surface area contributed by atoms with Crippen molar-refractivity contribution in [3.63, 3.8) is 0 Å². The first-order valence-corrected chi connectivity index (χ1v) is 12.7. The van der Waals surface area contributed by atoms with Crippen LogP contribution in [0.4, 0.5) is 11.4 Å². The van der Waals surface area contributed by atoms with E-state index in [1.165, 1.54) is 0 Å². The lowest BCUT2D eigenvalue weighted by Crippen LogP contribution is -2.35. The van der Waals surface area contributed by atoms with Crippen LogP contribution in [0.3, 0.4) is 0 Å². The van der Waals surface area contributed by atoms with E-state index in [1.807, 2.05) is 58.9 Å². The van der Waals surface area contributed by atoms with Crippen molar-refractivity contribution in [2.75, 3.05) is 16.2 Å². The van der Waals surface area contributed by atoms with Gasteiger partial charge >= 0.3 is 0 Å². The number of aryl methyl sites for hydroxylation is 1. The van der Waals surface area contributed by atoms with Crippen molar-refractivity contribution in [1.82, 2.24) is 0 Å². The summed E-state index contributed by atoms with van der Waals surface area (Å²) in [5.74, 6) is -0.0759. The van der Waals surface area contributed by atoms with Crippen molar-refractivity contribution < 1.29 is 13.2 Å². The Hall–Kier alpha value is -3.12. The van der Waals surface area contributed by atoms with E-state index in [-0.39, 0.29) is 5.91 Å². The molecule has 1 aliphatic rings. The molecule has 0 aliphatic carbocycles. The van der Waals surface area contributed by atoms with E-state index in [1.54, 1.807) is 29.2 Å². The van der Waals surface area contributed by atoms with Crippen LogP contribution in [0.25, 0.3) is 0 Å². The average Bonchev–Trinajstić information content (AvgIpc) is 2.81. The summed E-state index contributed by atoms with van der Waals surface area (Å²) in [6, 6.07) is 14.7. The van der Waals surface area contributed by atoms with E-state index >= 15 is 0 Å². The number of hydrogen-bond acceptors (Lipinski definition) is 3. The van der Waals surface area contributed by atoms with Gasteiger partial charge in [0.05, 0.1) is 10.6 Å². The molecule has 3 aromatic carbocycles. The number of carbonyl (C=O) groups excluding carboxylic acids is 1. The highest BCUT2D eigenvalue weighted by Gasteiger charge is 2.27. The Bertz CT molecular complexity index is 1320. The largest absolute Gasteiger partial charge is 0.308 e. The topological polar surface area (TPSA) is 66.5 Å². The lowest BCUT2D eigenvalue weighted by atomic mass is 9.95. The molecule has 0 radical (unpaired) electrons. The number of benzene rings is 3. The van der Waals surface area contributed by atoms with Crippen LogP contribution in [0, 0.1) is 34.6 Å². The van der Waals surface area contributed by atoms with Crippen LogP contribution >= 0.6 is 0 Å². The standard InChI is InChI=1S/C27H30N2O3S/c1-17-18(2)20(4)26(21(5)19(17)3)33(31,32)28-24-14-13-22-12-9-15-29(25(22)16-24)27(30)23-10-7-6-8-11-23/h6-8,10-11,13-14,16,28H,9,12,15H2,1-5H3. The van der Waals surface area contributed by atoms with Gasteiger partial charge in [-0.15, -0.1) is 0 Å². The number of nitrogens with zero attached hydrogens (tertiary/aromatic N) is 1. The Morgan fingerprint density at radius 1 is 0.848 bits per heavy atom. The van der Waals surface area contributed by atoms with Crippen molar-refractivity contribution in [1.29, 1.82) is 0 Å². The molecule has 0 fully saturated rings. The number of sulfonamides is 1. The molecular weight excluding hydrogens is 432 g/mol. The van der Waals surface area contributed by atoms with E-state index < -0.39 is 10.0 Å². The second-order valence-electron chi connectivity index (χ2n) is 8.83. The maximum atomic E-state index is 13.5. The van der Waals surface area contributed by atoms with E-state index in [0.717, 1.165) is 51.9 Å². The first-order chi connectivity index (χ1) is 15.6. The molecule has 5 nitrogen and oxygen atoms in total. The fourth-order valence-corrected chi connectivity index (χ4v) is 6.31. The first-order valence-electron chi connectivity index (χ1n) is 11.2. The van der Waals surface area contributed by atoms with E-state index in [9.17, 15) is 13.2 Å². The van der Waals surface area contributed by atoms with Crippen LogP contribution in [0.1, 0.15) is 50.2 Å². The molecule has 0 spiro atoms. The summed E-state index contributed by atoms with van der Waals surface area (Å²) in [6.45, 7) is 10.3. The smallest absolute Gasteiger partial charge is 0.262 e. The molecule has 0 bridgehead atoms. The van der Waals surface area contributed by atoms with E-state index in [2.05, 4.69) is 4.72 Å². The average molecular weight is 463 g/mol. The van der Waals surface area contributed by atoms with Gasteiger partial charge in [-0.25, -0.2) is 8.42 Å². The zero-order valence-electron chi connectivity index (χ0n) is 19.8. The molecule has 1 heterocycles. The minimum atomic E-state index is -3.81. The molecule has 1 aliphatic heterocycles. The highest BCUT2D eigenvalue weighted by Crippen LogP contribution is 2.34. The second kappa shape index (κ2) is 8.67. The normalized spacial score (nSPS) is 13.5. The molecule has 3 aromatic rings. The van der Waals surface area contributed by atoms with E-state index in [4.69, 9.17) is 0 Å². The summed E-state index contributed by atoms with van der Waals surface area (Å²) in [7, 11) is -3.81. The minimum absolute atomic E-state index is 0.0759. The quantitative estimate of drug-likeness (QED) is 0.547. The Morgan fingerprint density at radius 3 is 2.09 bits per heavy atom. The second-order valence-corrected chi connectivity index (χ2v) is 10.4. The van der Waals surface area contributed by atoms with Crippen LogP contribution in [-0.2, 0) is 16.4 Å². The van der Waals surface area contributed by atoms with Crippen molar-refractivity contribution in [2.24, 2.45) is 0 Å². The zero-order valence-corrected chi connectivity index (χ0v) is 20.6. The predicted octanol–water partition coefficient (Wildman–Crippen LogP) is 5.62. The summed E-state index contributed by atoms with van der Waals surface area (Å²) in [5, 5.41) is 0. The molecular formula is C27H30N2O3S. The minimum Gasteiger partial charge on any atom is -0.308 e. The van der Waals surface area contributed by atoms with Crippen LogP contribution in [-0.4, -0.2) is 20.9 Å². The summed E-state index contributed by atoms with van der Waals surface area (Å²) in [5.41, 5.74) is 7.51. The molecule has 4 rings (SSSR count). The SMILES string of the molecule is Cc1c(C)c(C)c(S(=O)(=O)Nc2ccc3c(c2)N(C(=O)c2ccccc2)CCC3)c(C)c1C. The van der Waals surface area contributed by atoms with Gasteiger partial charge in [0.2, 0.25) is 0 Å². The number of hydrogen-bond donors (Lipinski definition) is 1. The van der Waals surface area contributed by atoms with Crippen molar-refractivity contribution in [3.8, 4) is 0 Å². The molecule has 0 unspecified atom stereocenters. The van der Waals surface area contributed by atoms with E-state index in [0.29, 0.717) is 22.7 Å². The number of amides is 1. The number of anilines is 2. The Balaban J connectivity index is 1.72. The highest BCUT2D eigenvalue weighted by atomic mass is 32.2. The molecule has 1 N–H and O–H groups in total. The van der Waals surface area contributed by atoms with Crippen molar-refractivity contribution >= 4 is 27.3 Å². The summed E-state index contributed by atoms with van der Waals surface area (Å²) in [4.78, 5) is 15.2. The van der Waals surface area contributed by atoms with Gasteiger partial charge in [-0.3, -0.25) is 9.52 Å². The van der Waals surface area contributed by atoms with Gasteiger partial charge in [-0.1, -0.05) is 24.3 Å². The van der Waals surface area contributed by atoms with Crippen LogP contribution in [0.5, 0.6) is 0 Å². The molecule has 33 heavy (non-hydrogen) atoms. The number of fused-ring (bicyclic) bond motifs is 1. The maximum absolute atomic E-state index is 13.5. The van der Waals surface area contributed by atoms with Gasteiger partial charge in [0.1, 0.15) is 0 Å². The van der Waals surface area contributed by atoms with Crippen LogP contribution in [0.15, 0.2) is 53.4 Å². The molecule has 172 valence electrons. The Labute approximate surface area is 196 Å². The predicted molar refractivity (Wildman–Crippen MR) is 134 cm³/mol. The summed E-state index contributed by atoms with van der Waals surface area (Å²) in [6.07, 6.45) is 1.73. The van der Waals surface area contributed by atoms with Gasteiger partial charge in [0.15, 0.2) is 0 Å². The monoisotopic (exact) mass is 462 g/mol. The van der Waals surface area contributed by atoms with Crippen LogP contribution in [0.2, 0.25) is 0 Å². The lowest BCUT2D eigenvalue weighted by Gasteiger charge is -2.30. The third kappa shape index (κ3) is 4.15. The zero-order chi connectivity index (χ0) is 23.9. The summed E-state index contributed by atoms with van der Waals surface area (Å²) >= 11 is 0. The molecule has 1 amide bonds. The summed E-state index contributed by atoms with van der Waals surface area (Å²) < 4.78 is 29.7. The first kappa shape index (κ1) is 23.1. The van der Waals surface area contributed by atoms with Gasteiger partial charge in [0, 0.05) is 17.8 Å². The van der Waals surface area contributed by atoms with Gasteiger partial charge in [0.25, 0.3) is 15.9 Å². The highest BCUT2D eigenvalue weighted by molar-refractivity contribution is 7.92. The lowest BCUT2D eigenvalue weighted by molar-refractivity contribution is 0.0985. The number of rotatable bonds is 4. The maximum Gasteiger partial charge on any atom is 0.262 e. The third-order valence-electron chi connectivity index (χ3n) is 6.92. The van der Waals surface area contributed by atoms with Crippen molar-refractivity contribution in [3.05, 3.63) is 87.5 Å². The fraction of sp³-hybridized carbons (Fsp3) is 0.296. The Morgan fingerprint density at radius 2 is 1.45 bits per heavy atom. The molecule has 0 atom stereocenters. The number of nitrogens with one attached hydrogen (secondary N) is 1. The van der Waals surface area contributed by atoms with Crippen LogP contribution < -0.4 is 9.62 Å². The molecule has 0 saturated heterocycles. The van der Waals surface area contributed by atoms with Crippen molar-refractivity contribution in [2.45, 2.75) is 52.4 Å². The third-order valence-corrected chi connectivity index (χ3v) is 8.58. The van der Waals surface area contributed by atoms with Gasteiger partial charge < -0.3 is 4.90 Å². The Kier molecular flexibility index (Phi) is 6.06. The number of carbonyl (C=O) groups is 1.